The molecule has 0 saturated heterocycles. The molecule has 1 aromatic carbocycles. The van der Waals surface area contributed by atoms with E-state index in [9.17, 15) is 4.79 Å². The van der Waals surface area contributed by atoms with E-state index in [1.165, 1.54) is 5.56 Å². The molecule has 0 atom stereocenters. The lowest BCUT2D eigenvalue weighted by Gasteiger charge is -2.17. The molecule has 1 aliphatic rings. The van der Waals surface area contributed by atoms with Gasteiger partial charge in [-0.2, -0.15) is 0 Å². The first-order valence-electron chi connectivity index (χ1n) is 6.91. The smallest absolute Gasteiger partial charge is 0.226 e. The zero-order chi connectivity index (χ0) is 12.8. The summed E-state index contributed by atoms with van der Waals surface area (Å²) in [7, 11) is 0. The van der Waals surface area contributed by atoms with E-state index in [-0.39, 0.29) is 5.91 Å². The number of hydrogen-bond acceptors (Lipinski definition) is 2. The third kappa shape index (κ3) is 3.10. The van der Waals surface area contributed by atoms with Gasteiger partial charge in [0.15, 0.2) is 0 Å². The van der Waals surface area contributed by atoms with Crippen molar-refractivity contribution in [1.82, 2.24) is 0 Å². The van der Waals surface area contributed by atoms with Gasteiger partial charge in [-0.15, -0.1) is 0 Å². The van der Waals surface area contributed by atoms with Crippen molar-refractivity contribution >= 4 is 11.6 Å². The Kier molecular flexibility index (Phi) is 4.76. The van der Waals surface area contributed by atoms with Gasteiger partial charge in [-0.1, -0.05) is 31.0 Å². The van der Waals surface area contributed by atoms with Crippen LogP contribution in [0.4, 0.5) is 5.69 Å². The SMILES string of the molecule is NCCCCCCC(=O)N1CCc2ccccc21. The number of para-hydroxylation sites is 1. The molecule has 0 fully saturated rings. The van der Waals surface area contributed by atoms with E-state index >= 15 is 0 Å². The molecule has 0 spiro atoms. The fourth-order valence-electron chi connectivity index (χ4n) is 2.51. The van der Waals surface area contributed by atoms with E-state index in [4.69, 9.17) is 5.73 Å². The van der Waals surface area contributed by atoms with Gasteiger partial charge < -0.3 is 10.6 Å². The molecule has 18 heavy (non-hydrogen) atoms. The number of amides is 1. The average Bonchev–Trinajstić information content (AvgIpc) is 2.82. The number of unbranched alkanes of at least 4 members (excludes halogenated alkanes) is 3. The zero-order valence-corrected chi connectivity index (χ0v) is 10.9. The summed E-state index contributed by atoms with van der Waals surface area (Å²) in [6, 6.07) is 8.21. The number of carbonyl (C=O) groups is 1. The Morgan fingerprint density at radius 1 is 1.17 bits per heavy atom. The van der Waals surface area contributed by atoms with Crippen LogP contribution in [-0.2, 0) is 11.2 Å². The van der Waals surface area contributed by atoms with Crippen molar-refractivity contribution in [2.75, 3.05) is 18.0 Å². The lowest BCUT2D eigenvalue weighted by Crippen LogP contribution is -2.28. The number of nitrogens with zero attached hydrogens (tertiary/aromatic N) is 1. The normalized spacial score (nSPS) is 13.7. The molecule has 0 saturated carbocycles. The number of hydrogen-bond donors (Lipinski definition) is 1. The Labute approximate surface area is 109 Å². The van der Waals surface area contributed by atoms with Gasteiger partial charge in [0, 0.05) is 18.7 Å². The Hall–Kier alpha value is -1.35. The summed E-state index contributed by atoms with van der Waals surface area (Å²) in [4.78, 5) is 14.1. The topological polar surface area (TPSA) is 46.3 Å². The van der Waals surface area contributed by atoms with Crippen molar-refractivity contribution in [3.05, 3.63) is 29.8 Å². The summed E-state index contributed by atoms with van der Waals surface area (Å²) in [6.45, 7) is 1.61. The van der Waals surface area contributed by atoms with Crippen LogP contribution < -0.4 is 10.6 Å². The van der Waals surface area contributed by atoms with Gasteiger partial charge in [0.05, 0.1) is 0 Å². The van der Waals surface area contributed by atoms with Crippen LogP contribution in [0.5, 0.6) is 0 Å². The summed E-state index contributed by atoms with van der Waals surface area (Å²) >= 11 is 0. The molecule has 0 bridgehead atoms. The van der Waals surface area contributed by atoms with Crippen LogP contribution in [0.1, 0.15) is 37.7 Å². The van der Waals surface area contributed by atoms with Crippen LogP contribution in [-0.4, -0.2) is 19.0 Å². The Morgan fingerprint density at radius 3 is 2.78 bits per heavy atom. The third-order valence-corrected chi connectivity index (χ3v) is 3.53. The minimum atomic E-state index is 0.271. The lowest BCUT2D eigenvalue weighted by molar-refractivity contribution is -0.118. The highest BCUT2D eigenvalue weighted by atomic mass is 16.2. The van der Waals surface area contributed by atoms with E-state index in [1.807, 2.05) is 17.0 Å². The van der Waals surface area contributed by atoms with Crippen molar-refractivity contribution in [2.24, 2.45) is 5.73 Å². The molecular formula is C15H22N2O. The number of benzene rings is 1. The predicted octanol–water partition coefficient (Wildman–Crippen LogP) is 2.48. The molecule has 1 heterocycles. The number of carbonyl (C=O) groups excluding carboxylic acids is 1. The van der Waals surface area contributed by atoms with Crippen molar-refractivity contribution in [2.45, 2.75) is 38.5 Å². The maximum atomic E-state index is 12.1. The van der Waals surface area contributed by atoms with Gasteiger partial charge >= 0.3 is 0 Å². The van der Waals surface area contributed by atoms with Crippen molar-refractivity contribution < 1.29 is 4.79 Å². The summed E-state index contributed by atoms with van der Waals surface area (Å²) in [5, 5.41) is 0. The van der Waals surface area contributed by atoms with Crippen LogP contribution in [0.15, 0.2) is 24.3 Å². The standard InChI is InChI=1S/C15H22N2O/c16-11-6-2-1-3-9-15(18)17-12-10-13-7-4-5-8-14(13)17/h4-5,7-8H,1-3,6,9-12,16H2. The molecule has 0 aromatic heterocycles. The van der Waals surface area contributed by atoms with E-state index in [0.29, 0.717) is 6.42 Å². The molecule has 3 nitrogen and oxygen atoms in total. The maximum Gasteiger partial charge on any atom is 0.226 e. The molecule has 0 radical (unpaired) electrons. The minimum Gasteiger partial charge on any atom is -0.330 e. The van der Waals surface area contributed by atoms with Gasteiger partial charge in [-0.3, -0.25) is 4.79 Å². The van der Waals surface area contributed by atoms with Crippen LogP contribution in [0, 0.1) is 0 Å². The Morgan fingerprint density at radius 2 is 1.94 bits per heavy atom. The highest BCUT2D eigenvalue weighted by Gasteiger charge is 2.23. The second kappa shape index (κ2) is 6.55. The molecule has 0 unspecified atom stereocenters. The quantitative estimate of drug-likeness (QED) is 0.784. The molecule has 1 aromatic rings. The Bertz CT molecular complexity index is 403. The van der Waals surface area contributed by atoms with E-state index < -0.39 is 0 Å². The number of fused-ring (bicyclic) bond motifs is 1. The van der Waals surface area contributed by atoms with Crippen molar-refractivity contribution in [3.8, 4) is 0 Å². The van der Waals surface area contributed by atoms with Crippen LogP contribution in [0.3, 0.4) is 0 Å². The number of nitrogens with two attached hydrogens (primary N) is 1. The molecule has 0 aliphatic carbocycles. The Balaban J connectivity index is 1.80. The first-order chi connectivity index (χ1) is 8.83. The summed E-state index contributed by atoms with van der Waals surface area (Å²) in [5.74, 6) is 0.271. The molecule has 2 N–H and O–H groups in total. The lowest BCUT2D eigenvalue weighted by atomic mass is 10.1. The van der Waals surface area contributed by atoms with Gasteiger partial charge in [0.2, 0.25) is 5.91 Å². The van der Waals surface area contributed by atoms with E-state index in [0.717, 1.165) is 50.9 Å². The summed E-state index contributed by atoms with van der Waals surface area (Å²) in [6.07, 6.45) is 5.96. The van der Waals surface area contributed by atoms with Crippen LogP contribution in [0.2, 0.25) is 0 Å². The third-order valence-electron chi connectivity index (χ3n) is 3.53. The molecule has 2 rings (SSSR count). The molecule has 1 aliphatic heterocycles. The fraction of sp³-hybridized carbons (Fsp3) is 0.533. The van der Waals surface area contributed by atoms with Gasteiger partial charge in [-0.05, 0) is 37.4 Å². The molecular weight excluding hydrogens is 224 g/mol. The zero-order valence-electron chi connectivity index (χ0n) is 10.9. The van der Waals surface area contributed by atoms with Gasteiger partial charge in [0.1, 0.15) is 0 Å². The highest BCUT2D eigenvalue weighted by Crippen LogP contribution is 2.28. The predicted molar refractivity (Wildman–Crippen MR) is 74.6 cm³/mol. The first kappa shape index (κ1) is 13.1. The second-order valence-corrected chi connectivity index (χ2v) is 4.88. The van der Waals surface area contributed by atoms with Gasteiger partial charge in [-0.25, -0.2) is 0 Å². The minimum absolute atomic E-state index is 0.271. The second-order valence-electron chi connectivity index (χ2n) is 4.88. The van der Waals surface area contributed by atoms with Crippen molar-refractivity contribution in [1.29, 1.82) is 0 Å². The fourth-order valence-corrected chi connectivity index (χ4v) is 2.51. The van der Waals surface area contributed by atoms with Gasteiger partial charge in [0.25, 0.3) is 0 Å². The summed E-state index contributed by atoms with van der Waals surface area (Å²) in [5.41, 5.74) is 7.86. The molecule has 3 heteroatoms. The first-order valence-corrected chi connectivity index (χ1v) is 6.91. The van der Waals surface area contributed by atoms with E-state index in [2.05, 4.69) is 12.1 Å². The monoisotopic (exact) mass is 246 g/mol. The number of anilines is 1. The van der Waals surface area contributed by atoms with Crippen molar-refractivity contribution in [3.63, 3.8) is 0 Å². The molecule has 1 amide bonds. The average molecular weight is 246 g/mol. The maximum absolute atomic E-state index is 12.1. The number of rotatable bonds is 6. The highest BCUT2D eigenvalue weighted by molar-refractivity contribution is 5.95. The van der Waals surface area contributed by atoms with E-state index in [1.54, 1.807) is 0 Å². The van der Waals surface area contributed by atoms with Crippen LogP contribution in [0.25, 0.3) is 0 Å². The molecule has 98 valence electrons. The largest absolute Gasteiger partial charge is 0.330 e. The van der Waals surface area contributed by atoms with Crippen LogP contribution >= 0.6 is 0 Å². The summed E-state index contributed by atoms with van der Waals surface area (Å²) < 4.78 is 0.